The summed E-state index contributed by atoms with van der Waals surface area (Å²) in [6.07, 6.45) is 3.07. The lowest BCUT2D eigenvalue weighted by Crippen LogP contribution is -2.46. The molecule has 1 aromatic rings. The van der Waals surface area contributed by atoms with Gasteiger partial charge in [-0.05, 0) is 48.0 Å². The first-order chi connectivity index (χ1) is 15.5. The van der Waals surface area contributed by atoms with E-state index in [0.29, 0.717) is 6.61 Å². The molecule has 4 atom stereocenters. The minimum Gasteiger partial charge on any atom is -0.414 e. The summed E-state index contributed by atoms with van der Waals surface area (Å²) in [5.41, 5.74) is 1.01. The van der Waals surface area contributed by atoms with Gasteiger partial charge in [-0.15, -0.1) is 0 Å². The van der Waals surface area contributed by atoms with E-state index in [0.717, 1.165) is 5.56 Å². The van der Waals surface area contributed by atoms with E-state index in [1.807, 2.05) is 30.3 Å². The number of ether oxygens (including phenoxy) is 4. The predicted molar refractivity (Wildman–Crippen MR) is 126 cm³/mol. The van der Waals surface area contributed by atoms with Crippen LogP contribution in [-0.4, -0.2) is 57.9 Å². The maximum Gasteiger partial charge on any atom is 0.192 e. The van der Waals surface area contributed by atoms with Gasteiger partial charge in [-0.3, -0.25) is 9.59 Å². The van der Waals surface area contributed by atoms with Crippen LogP contribution in [0.25, 0.3) is 0 Å². The standard InChI is InChI=1S/C25H34O7Si/c1-25(2,3)33(4,5)30-17-22-20(27)12-14-24(32-22)29-16-21-19(26)11-13-23(31-21)28-15-18-9-7-6-8-10-18/h6-14,21-24H,15-17H2,1-5H3. The minimum atomic E-state index is -2.02. The van der Waals surface area contributed by atoms with Gasteiger partial charge in [0.05, 0.1) is 19.8 Å². The van der Waals surface area contributed by atoms with Crippen molar-refractivity contribution in [2.75, 3.05) is 13.2 Å². The van der Waals surface area contributed by atoms with Crippen molar-refractivity contribution in [3.63, 3.8) is 0 Å². The zero-order chi connectivity index (χ0) is 24.1. The molecule has 1 aromatic carbocycles. The van der Waals surface area contributed by atoms with Crippen LogP contribution in [0.15, 0.2) is 54.6 Å². The molecular formula is C25H34O7Si. The van der Waals surface area contributed by atoms with Gasteiger partial charge in [-0.25, -0.2) is 0 Å². The van der Waals surface area contributed by atoms with E-state index < -0.39 is 33.1 Å². The largest absolute Gasteiger partial charge is 0.414 e. The summed E-state index contributed by atoms with van der Waals surface area (Å²) < 4.78 is 29.2. The summed E-state index contributed by atoms with van der Waals surface area (Å²) in [7, 11) is -2.02. The fourth-order valence-corrected chi connectivity index (χ4v) is 3.98. The first kappa shape index (κ1) is 25.7. The Bertz CT molecular complexity index is 872. The molecule has 180 valence electrons. The molecule has 0 saturated heterocycles. The molecule has 8 heteroatoms. The Hall–Kier alpha value is -1.94. The number of carbonyl (C=O) groups excluding carboxylic acids is 2. The fourth-order valence-electron chi connectivity index (χ4n) is 2.98. The van der Waals surface area contributed by atoms with E-state index >= 15 is 0 Å². The molecule has 0 bridgehead atoms. The third-order valence-corrected chi connectivity index (χ3v) is 10.6. The van der Waals surface area contributed by atoms with Crippen molar-refractivity contribution in [3.05, 3.63) is 60.2 Å². The zero-order valence-corrected chi connectivity index (χ0v) is 21.0. The summed E-state index contributed by atoms with van der Waals surface area (Å²) in [5.74, 6) is -0.362. The molecule has 2 heterocycles. The Morgan fingerprint density at radius 2 is 1.39 bits per heavy atom. The van der Waals surface area contributed by atoms with Crippen molar-refractivity contribution in [2.24, 2.45) is 0 Å². The number of hydrogen-bond donors (Lipinski definition) is 0. The van der Waals surface area contributed by atoms with Gasteiger partial charge in [0.2, 0.25) is 0 Å². The Morgan fingerprint density at radius 1 is 0.848 bits per heavy atom. The Kier molecular flexibility index (Phi) is 8.55. The number of rotatable bonds is 9. The van der Waals surface area contributed by atoms with Gasteiger partial charge in [0.15, 0.2) is 32.5 Å². The molecule has 7 nitrogen and oxygen atoms in total. The second-order valence-electron chi connectivity index (χ2n) is 9.71. The van der Waals surface area contributed by atoms with Crippen molar-refractivity contribution >= 4 is 19.9 Å². The Labute approximate surface area is 196 Å². The van der Waals surface area contributed by atoms with Gasteiger partial charge in [-0.1, -0.05) is 51.1 Å². The van der Waals surface area contributed by atoms with Gasteiger partial charge in [0, 0.05) is 0 Å². The molecule has 2 aliphatic heterocycles. The van der Waals surface area contributed by atoms with Gasteiger partial charge in [0.25, 0.3) is 0 Å². The molecule has 0 N–H and O–H groups in total. The van der Waals surface area contributed by atoms with Crippen LogP contribution >= 0.6 is 0 Å². The molecule has 3 rings (SSSR count). The highest BCUT2D eigenvalue weighted by Gasteiger charge is 2.39. The summed E-state index contributed by atoms with van der Waals surface area (Å²) >= 11 is 0. The van der Waals surface area contributed by atoms with E-state index in [2.05, 4.69) is 33.9 Å². The number of benzene rings is 1. The van der Waals surface area contributed by atoms with Gasteiger partial charge >= 0.3 is 0 Å². The van der Waals surface area contributed by atoms with E-state index in [-0.39, 0.29) is 29.8 Å². The third-order valence-electron chi connectivity index (χ3n) is 6.14. The second kappa shape index (κ2) is 11.0. The van der Waals surface area contributed by atoms with E-state index in [1.54, 1.807) is 6.08 Å². The van der Waals surface area contributed by atoms with Crippen LogP contribution in [0.5, 0.6) is 0 Å². The quantitative estimate of drug-likeness (QED) is 0.502. The SMILES string of the molecule is CC(C)(C)[Si](C)(C)OCC1OC(OCC2OC(OCc3ccccc3)C=CC2=O)C=CC1=O. The number of carbonyl (C=O) groups is 2. The van der Waals surface area contributed by atoms with Gasteiger partial charge < -0.3 is 23.4 Å². The molecule has 33 heavy (non-hydrogen) atoms. The van der Waals surface area contributed by atoms with Crippen LogP contribution in [0.1, 0.15) is 26.3 Å². The van der Waals surface area contributed by atoms with Crippen molar-refractivity contribution in [1.29, 1.82) is 0 Å². The van der Waals surface area contributed by atoms with Crippen molar-refractivity contribution in [3.8, 4) is 0 Å². The molecule has 4 unspecified atom stereocenters. The molecule has 0 radical (unpaired) electrons. The average Bonchev–Trinajstić information content (AvgIpc) is 2.77. The Morgan fingerprint density at radius 3 is 1.97 bits per heavy atom. The van der Waals surface area contributed by atoms with Crippen molar-refractivity contribution in [2.45, 2.75) is 70.3 Å². The van der Waals surface area contributed by atoms with Crippen LogP contribution in [0.2, 0.25) is 18.1 Å². The topological polar surface area (TPSA) is 80.3 Å². The van der Waals surface area contributed by atoms with E-state index in [4.69, 9.17) is 23.4 Å². The number of hydrogen-bond acceptors (Lipinski definition) is 7. The lowest BCUT2D eigenvalue weighted by atomic mass is 10.1. The molecule has 0 aromatic heterocycles. The highest BCUT2D eigenvalue weighted by molar-refractivity contribution is 6.74. The van der Waals surface area contributed by atoms with Crippen molar-refractivity contribution in [1.82, 2.24) is 0 Å². The first-order valence-electron chi connectivity index (χ1n) is 11.2. The maximum absolute atomic E-state index is 12.3. The molecule has 2 aliphatic rings. The van der Waals surface area contributed by atoms with Crippen LogP contribution in [-0.2, 0) is 39.6 Å². The monoisotopic (exact) mass is 474 g/mol. The summed E-state index contributed by atoms with van der Waals surface area (Å²) in [6.45, 7) is 11.2. The van der Waals surface area contributed by atoms with Crippen LogP contribution in [0.4, 0.5) is 0 Å². The second-order valence-corrected chi connectivity index (χ2v) is 14.5. The average molecular weight is 475 g/mol. The van der Waals surface area contributed by atoms with Crippen molar-refractivity contribution < 1.29 is 33.0 Å². The number of ketones is 2. The molecular weight excluding hydrogens is 440 g/mol. The minimum absolute atomic E-state index is 0.0205. The zero-order valence-electron chi connectivity index (χ0n) is 20.0. The smallest absolute Gasteiger partial charge is 0.192 e. The summed E-state index contributed by atoms with van der Waals surface area (Å²) in [5, 5.41) is 0.0295. The van der Waals surface area contributed by atoms with E-state index in [9.17, 15) is 9.59 Å². The molecule has 0 fully saturated rings. The predicted octanol–water partition coefficient (Wildman–Crippen LogP) is 3.94. The van der Waals surface area contributed by atoms with Crippen LogP contribution in [0.3, 0.4) is 0 Å². The van der Waals surface area contributed by atoms with Gasteiger partial charge in [-0.2, -0.15) is 0 Å². The maximum atomic E-state index is 12.3. The van der Waals surface area contributed by atoms with Gasteiger partial charge in [0.1, 0.15) is 12.2 Å². The third kappa shape index (κ3) is 7.27. The van der Waals surface area contributed by atoms with Crippen LogP contribution < -0.4 is 0 Å². The molecule has 0 saturated carbocycles. The highest BCUT2D eigenvalue weighted by Crippen LogP contribution is 2.36. The van der Waals surface area contributed by atoms with E-state index in [1.165, 1.54) is 18.2 Å². The normalized spacial score (nSPS) is 26.1. The fraction of sp³-hybridized carbons (Fsp3) is 0.520. The summed E-state index contributed by atoms with van der Waals surface area (Å²) in [4.78, 5) is 24.5. The first-order valence-corrected chi connectivity index (χ1v) is 14.1. The molecule has 0 amide bonds. The molecule has 0 aliphatic carbocycles. The highest BCUT2D eigenvalue weighted by atomic mass is 28.4. The lowest BCUT2D eigenvalue weighted by molar-refractivity contribution is -0.201. The Balaban J connectivity index is 1.48. The summed E-state index contributed by atoms with van der Waals surface area (Å²) in [6, 6.07) is 9.72. The lowest BCUT2D eigenvalue weighted by Gasteiger charge is -2.37. The van der Waals surface area contributed by atoms with Crippen LogP contribution in [0, 0.1) is 0 Å². The molecule has 0 spiro atoms.